The molecule has 1 atom stereocenters. The monoisotopic (exact) mass is 389 g/mol. The summed E-state index contributed by atoms with van der Waals surface area (Å²) >= 11 is 0. The summed E-state index contributed by atoms with van der Waals surface area (Å²) in [5, 5.41) is 6.65. The molecular formula is C19H33Cl2N3O. The van der Waals surface area contributed by atoms with E-state index in [0.29, 0.717) is 6.54 Å². The van der Waals surface area contributed by atoms with E-state index in [0.717, 1.165) is 25.7 Å². The molecule has 144 valence electrons. The lowest BCUT2D eigenvalue weighted by Crippen LogP contribution is -2.58. The quantitative estimate of drug-likeness (QED) is 0.693. The van der Waals surface area contributed by atoms with Crippen molar-refractivity contribution >= 4 is 30.7 Å². The molecule has 1 unspecified atom stereocenters. The van der Waals surface area contributed by atoms with E-state index in [1.807, 2.05) is 18.2 Å². The molecule has 0 spiro atoms. The van der Waals surface area contributed by atoms with Gasteiger partial charge in [0.05, 0.1) is 5.54 Å². The van der Waals surface area contributed by atoms with Crippen LogP contribution in [-0.2, 0) is 4.79 Å². The number of halogens is 2. The summed E-state index contributed by atoms with van der Waals surface area (Å²) in [6.07, 6.45) is 4.89. The second kappa shape index (κ2) is 10.4. The standard InChI is InChI=1S/C19H31N3O.2ClH/c1-15(16-10-6-4-7-11-16)22-18(2,3)14-21-17(23)19(20)12-8-5-9-13-19;;/h4,6-7,10-11,15,22H,5,8-9,12-14,20H2,1-3H3,(H,21,23);2*1H. The summed E-state index contributed by atoms with van der Waals surface area (Å²) in [4.78, 5) is 12.5. The average molecular weight is 390 g/mol. The predicted molar refractivity (Wildman–Crippen MR) is 110 cm³/mol. The number of hydrogen-bond donors (Lipinski definition) is 3. The van der Waals surface area contributed by atoms with Crippen molar-refractivity contribution in [2.24, 2.45) is 5.73 Å². The second-order valence-corrected chi connectivity index (χ2v) is 7.56. The lowest BCUT2D eigenvalue weighted by Gasteiger charge is -2.35. The molecule has 1 aromatic rings. The maximum Gasteiger partial charge on any atom is 0.240 e. The van der Waals surface area contributed by atoms with Crippen LogP contribution in [0.3, 0.4) is 0 Å². The Morgan fingerprint density at radius 1 is 1.16 bits per heavy atom. The fourth-order valence-corrected chi connectivity index (χ4v) is 3.35. The van der Waals surface area contributed by atoms with Gasteiger partial charge in [0.2, 0.25) is 5.91 Å². The first-order valence-corrected chi connectivity index (χ1v) is 8.72. The zero-order valence-electron chi connectivity index (χ0n) is 15.5. The fourth-order valence-electron chi connectivity index (χ4n) is 3.35. The van der Waals surface area contributed by atoms with Crippen molar-refractivity contribution in [3.8, 4) is 0 Å². The topological polar surface area (TPSA) is 67.1 Å². The van der Waals surface area contributed by atoms with E-state index in [2.05, 4.69) is 43.5 Å². The Kier molecular flexibility index (Phi) is 10.0. The Balaban J connectivity index is 0.00000288. The van der Waals surface area contributed by atoms with E-state index in [-0.39, 0.29) is 42.3 Å². The Morgan fingerprint density at radius 2 is 1.72 bits per heavy atom. The van der Waals surface area contributed by atoms with Gasteiger partial charge in [-0.15, -0.1) is 24.8 Å². The van der Waals surface area contributed by atoms with Crippen LogP contribution in [0.25, 0.3) is 0 Å². The third-order valence-electron chi connectivity index (χ3n) is 4.80. The minimum atomic E-state index is -0.667. The minimum absolute atomic E-state index is 0. The molecule has 6 heteroatoms. The molecule has 0 bridgehead atoms. The van der Waals surface area contributed by atoms with Crippen LogP contribution in [0.2, 0.25) is 0 Å². The van der Waals surface area contributed by atoms with Gasteiger partial charge >= 0.3 is 0 Å². The van der Waals surface area contributed by atoms with Gasteiger partial charge < -0.3 is 16.4 Å². The SMILES string of the molecule is CC(NC(C)(C)CNC(=O)C1(N)CCCCC1)c1ccccc1.Cl.Cl. The fraction of sp³-hybridized carbons (Fsp3) is 0.632. The Hall–Kier alpha value is -0.810. The van der Waals surface area contributed by atoms with E-state index in [4.69, 9.17) is 5.73 Å². The Bertz CT molecular complexity index is 517. The second-order valence-electron chi connectivity index (χ2n) is 7.56. The largest absolute Gasteiger partial charge is 0.353 e. The molecule has 0 aromatic heterocycles. The number of rotatable bonds is 6. The van der Waals surface area contributed by atoms with E-state index in [1.165, 1.54) is 12.0 Å². The van der Waals surface area contributed by atoms with Crippen LogP contribution in [-0.4, -0.2) is 23.5 Å². The van der Waals surface area contributed by atoms with Crippen molar-refractivity contribution in [1.82, 2.24) is 10.6 Å². The molecule has 1 aromatic carbocycles. The van der Waals surface area contributed by atoms with Crippen molar-refractivity contribution in [1.29, 1.82) is 0 Å². The molecular weight excluding hydrogens is 357 g/mol. The zero-order chi connectivity index (χ0) is 16.9. The number of benzene rings is 1. The third-order valence-corrected chi connectivity index (χ3v) is 4.80. The molecule has 0 aliphatic heterocycles. The van der Waals surface area contributed by atoms with Crippen molar-refractivity contribution < 1.29 is 4.79 Å². The van der Waals surface area contributed by atoms with E-state index in [1.54, 1.807) is 0 Å². The number of amides is 1. The number of hydrogen-bond acceptors (Lipinski definition) is 3. The van der Waals surface area contributed by atoms with Crippen molar-refractivity contribution in [3.63, 3.8) is 0 Å². The van der Waals surface area contributed by atoms with Crippen LogP contribution in [0, 0.1) is 0 Å². The Morgan fingerprint density at radius 3 is 2.28 bits per heavy atom. The molecule has 1 fully saturated rings. The summed E-state index contributed by atoms with van der Waals surface area (Å²) in [6, 6.07) is 10.6. The molecule has 4 N–H and O–H groups in total. The normalized spacial score (nSPS) is 17.6. The number of carbonyl (C=O) groups excluding carboxylic acids is 1. The molecule has 1 amide bonds. The highest BCUT2D eigenvalue weighted by Gasteiger charge is 2.36. The maximum absolute atomic E-state index is 12.5. The van der Waals surface area contributed by atoms with Crippen LogP contribution in [0.5, 0.6) is 0 Å². The summed E-state index contributed by atoms with van der Waals surface area (Å²) in [5.74, 6) is -0.000519. The lowest BCUT2D eigenvalue weighted by atomic mass is 9.82. The summed E-state index contributed by atoms with van der Waals surface area (Å²) in [5.41, 5.74) is 6.67. The number of nitrogens with two attached hydrogens (primary N) is 1. The molecule has 0 saturated heterocycles. The minimum Gasteiger partial charge on any atom is -0.353 e. The number of nitrogens with one attached hydrogen (secondary N) is 2. The Labute approximate surface area is 164 Å². The highest BCUT2D eigenvalue weighted by molar-refractivity contribution is 5.86. The van der Waals surface area contributed by atoms with Gasteiger partial charge in [-0.3, -0.25) is 4.79 Å². The maximum atomic E-state index is 12.5. The first kappa shape index (κ1) is 24.2. The van der Waals surface area contributed by atoms with Gasteiger partial charge in [0.15, 0.2) is 0 Å². The van der Waals surface area contributed by atoms with E-state index in [9.17, 15) is 4.79 Å². The first-order valence-electron chi connectivity index (χ1n) is 8.72. The van der Waals surface area contributed by atoms with Gasteiger partial charge in [-0.25, -0.2) is 0 Å². The molecule has 1 saturated carbocycles. The highest BCUT2D eigenvalue weighted by atomic mass is 35.5. The molecule has 2 rings (SSSR count). The smallest absolute Gasteiger partial charge is 0.240 e. The van der Waals surface area contributed by atoms with E-state index < -0.39 is 5.54 Å². The highest BCUT2D eigenvalue weighted by Crippen LogP contribution is 2.26. The van der Waals surface area contributed by atoms with Gasteiger partial charge in [0.25, 0.3) is 0 Å². The molecule has 4 nitrogen and oxygen atoms in total. The molecule has 25 heavy (non-hydrogen) atoms. The van der Waals surface area contributed by atoms with Gasteiger partial charge in [0.1, 0.15) is 0 Å². The lowest BCUT2D eigenvalue weighted by molar-refractivity contribution is -0.127. The summed E-state index contributed by atoms with van der Waals surface area (Å²) < 4.78 is 0. The zero-order valence-corrected chi connectivity index (χ0v) is 17.1. The molecule has 0 radical (unpaired) electrons. The van der Waals surface area contributed by atoms with Gasteiger partial charge in [0, 0.05) is 18.1 Å². The van der Waals surface area contributed by atoms with Gasteiger partial charge in [-0.05, 0) is 39.2 Å². The third kappa shape index (κ3) is 7.14. The average Bonchev–Trinajstić information content (AvgIpc) is 2.54. The van der Waals surface area contributed by atoms with Crippen LogP contribution in [0.1, 0.15) is 64.5 Å². The summed E-state index contributed by atoms with van der Waals surface area (Å²) in [6.45, 7) is 6.93. The first-order chi connectivity index (χ1) is 10.8. The number of carbonyl (C=O) groups is 1. The van der Waals surface area contributed by atoms with Crippen molar-refractivity contribution in [2.45, 2.75) is 70.0 Å². The van der Waals surface area contributed by atoms with Crippen molar-refractivity contribution in [3.05, 3.63) is 35.9 Å². The van der Waals surface area contributed by atoms with Crippen LogP contribution >= 0.6 is 24.8 Å². The van der Waals surface area contributed by atoms with Gasteiger partial charge in [-0.2, -0.15) is 0 Å². The molecule has 1 aliphatic rings. The van der Waals surface area contributed by atoms with E-state index >= 15 is 0 Å². The van der Waals surface area contributed by atoms with Gasteiger partial charge in [-0.1, -0.05) is 49.6 Å². The molecule has 0 heterocycles. The van der Waals surface area contributed by atoms with Crippen LogP contribution in [0.15, 0.2) is 30.3 Å². The predicted octanol–water partition coefficient (Wildman–Crippen LogP) is 3.74. The van der Waals surface area contributed by atoms with Crippen LogP contribution in [0.4, 0.5) is 0 Å². The van der Waals surface area contributed by atoms with Crippen LogP contribution < -0.4 is 16.4 Å². The molecule has 1 aliphatic carbocycles. The summed E-state index contributed by atoms with van der Waals surface area (Å²) in [7, 11) is 0. The van der Waals surface area contributed by atoms with Crippen molar-refractivity contribution in [2.75, 3.05) is 6.54 Å².